The van der Waals surface area contributed by atoms with Crippen LogP contribution in [0.1, 0.15) is 355 Å². The third kappa shape index (κ3) is 64.3. The number of nitrogens with zero attached hydrogens (tertiary/aromatic N) is 1. The van der Waals surface area contributed by atoms with Gasteiger partial charge in [-0.1, -0.05) is 320 Å². The Morgan fingerprint density at radius 1 is 0.422 bits per heavy atom. The minimum Gasteiger partial charge on any atom is -0.456 e. The zero-order valence-electron chi connectivity index (χ0n) is 56.0. The molecule has 3 atom stereocenters. The van der Waals surface area contributed by atoms with E-state index in [4.69, 9.17) is 13.8 Å². The van der Waals surface area contributed by atoms with Crippen molar-refractivity contribution >= 4 is 19.7 Å². The molecule has 0 spiro atoms. The Morgan fingerprint density at radius 3 is 1.12 bits per heavy atom. The van der Waals surface area contributed by atoms with Crippen LogP contribution in [0.3, 0.4) is 0 Å². The Morgan fingerprint density at radius 2 is 0.735 bits per heavy atom. The number of esters is 1. The molecule has 0 saturated heterocycles. The number of phosphoric ester groups is 1. The lowest BCUT2D eigenvalue weighted by atomic mass is 10.0. The summed E-state index contributed by atoms with van der Waals surface area (Å²) in [6.45, 7) is 7.04. The molecule has 0 bridgehead atoms. The number of ether oxygens (including phenoxy) is 1. The van der Waals surface area contributed by atoms with Crippen molar-refractivity contribution in [1.29, 1.82) is 0 Å². The van der Waals surface area contributed by atoms with E-state index in [1.54, 1.807) is 0 Å². The fourth-order valence-electron chi connectivity index (χ4n) is 10.7. The smallest absolute Gasteiger partial charge is 0.456 e. The summed E-state index contributed by atoms with van der Waals surface area (Å²) in [5.74, 6) is -0.490. The maximum absolute atomic E-state index is 13.6. The van der Waals surface area contributed by atoms with Crippen molar-refractivity contribution in [3.8, 4) is 0 Å². The number of rotatable bonds is 66. The lowest BCUT2D eigenvalue weighted by molar-refractivity contribution is -0.870. The quantitative estimate of drug-likeness (QED) is 0.0205. The van der Waals surface area contributed by atoms with Crippen LogP contribution in [0.25, 0.3) is 0 Å². The molecule has 0 aromatic rings. The maximum atomic E-state index is 13.6. The second-order valence-corrected chi connectivity index (χ2v) is 27.2. The van der Waals surface area contributed by atoms with E-state index in [1.165, 1.54) is 250 Å². The number of phosphoric acid groups is 1. The predicted octanol–water partition coefficient (Wildman–Crippen LogP) is 22.8. The van der Waals surface area contributed by atoms with E-state index in [0.29, 0.717) is 23.9 Å². The summed E-state index contributed by atoms with van der Waals surface area (Å²) in [4.78, 5) is 37.9. The molecule has 488 valence electrons. The van der Waals surface area contributed by atoms with Crippen LogP contribution in [0.5, 0.6) is 0 Å². The van der Waals surface area contributed by atoms with E-state index in [2.05, 4.69) is 62.5 Å². The molecule has 0 rings (SSSR count). The first kappa shape index (κ1) is 81.0. The van der Waals surface area contributed by atoms with E-state index < -0.39 is 20.0 Å². The van der Waals surface area contributed by atoms with Crippen molar-refractivity contribution in [1.82, 2.24) is 5.32 Å². The number of amides is 1. The molecule has 0 aliphatic rings. The molecule has 0 aliphatic heterocycles. The molecule has 9 nitrogen and oxygen atoms in total. The molecule has 10 heteroatoms. The molecular formula is C73H140N2O7P+. The van der Waals surface area contributed by atoms with Gasteiger partial charge in [0.15, 0.2) is 0 Å². The highest BCUT2D eigenvalue weighted by atomic mass is 31.2. The summed E-state index contributed by atoms with van der Waals surface area (Å²) in [5, 5.41) is 3.07. The Kier molecular flexibility index (Phi) is 61.5. The van der Waals surface area contributed by atoms with E-state index in [-0.39, 0.29) is 25.1 Å². The highest BCUT2D eigenvalue weighted by Crippen LogP contribution is 2.43. The average molecular weight is 1190 g/mol. The number of unbranched alkanes of at least 4 members (excludes halogenated alkanes) is 44. The van der Waals surface area contributed by atoms with Gasteiger partial charge in [0.25, 0.3) is 0 Å². The summed E-state index contributed by atoms with van der Waals surface area (Å²) in [5.41, 5.74) is 0. The first-order chi connectivity index (χ1) is 40.4. The maximum Gasteiger partial charge on any atom is 0.472 e. The van der Waals surface area contributed by atoms with Crippen LogP contribution in [0.2, 0.25) is 0 Å². The van der Waals surface area contributed by atoms with E-state index in [9.17, 15) is 19.0 Å². The monoisotopic (exact) mass is 1190 g/mol. The third-order valence-electron chi connectivity index (χ3n) is 16.3. The summed E-state index contributed by atoms with van der Waals surface area (Å²) in [7, 11) is 1.51. The van der Waals surface area contributed by atoms with Crippen LogP contribution in [0.4, 0.5) is 0 Å². The van der Waals surface area contributed by atoms with Crippen molar-refractivity contribution in [2.45, 2.75) is 367 Å². The summed E-state index contributed by atoms with van der Waals surface area (Å²) >= 11 is 0. The van der Waals surface area contributed by atoms with Crippen LogP contribution < -0.4 is 5.32 Å². The highest BCUT2D eigenvalue weighted by molar-refractivity contribution is 7.47. The Hall–Kier alpha value is -2.03. The molecule has 2 N–H and O–H groups in total. The minimum absolute atomic E-state index is 0.0420. The molecule has 0 radical (unpaired) electrons. The standard InChI is InChI=1S/C73H139N2O7P/c1-7-10-13-16-19-22-25-27-29-31-33-35-36-37-38-40-42-44-46-48-51-54-57-60-63-66-73(77)82-71(64-61-58-55-52-49-24-21-18-15-12-9-3)70(69-81-83(78,79)80-68-67-75(4,5)6)74-72(76)65-62-59-56-53-50-47-45-43-41-39-34-32-30-28-26-23-20-17-14-11-8-2/h19,22,27,29,33,35,61,64,70-71H,7-18,20-21,23-26,28,30-32,34,36-60,62-63,65-69H2,1-6H3,(H-,74,76,78,79)/p+1/b22-19-,29-27-,35-33-,64-61+. The number of hydrogen-bond donors (Lipinski definition) is 2. The Labute approximate surface area is 516 Å². The molecule has 1 amide bonds. The second-order valence-electron chi connectivity index (χ2n) is 25.8. The van der Waals surface area contributed by atoms with Crippen molar-refractivity contribution in [2.24, 2.45) is 0 Å². The fraction of sp³-hybridized carbons (Fsp3) is 0.863. The zero-order chi connectivity index (χ0) is 60.7. The molecule has 0 heterocycles. The average Bonchev–Trinajstić information content (AvgIpc) is 3.51. The number of nitrogens with one attached hydrogen (secondary N) is 1. The second kappa shape index (κ2) is 63.0. The van der Waals surface area contributed by atoms with E-state index in [0.717, 1.165) is 70.6 Å². The fourth-order valence-corrected chi connectivity index (χ4v) is 11.5. The lowest BCUT2D eigenvalue weighted by Crippen LogP contribution is -2.47. The van der Waals surface area contributed by atoms with Gasteiger partial charge in [-0.25, -0.2) is 4.57 Å². The predicted molar refractivity (Wildman–Crippen MR) is 360 cm³/mol. The van der Waals surface area contributed by atoms with E-state index in [1.807, 2.05) is 33.3 Å². The van der Waals surface area contributed by atoms with Gasteiger partial charge in [0.1, 0.15) is 19.3 Å². The van der Waals surface area contributed by atoms with Gasteiger partial charge in [-0.2, -0.15) is 0 Å². The molecule has 0 aromatic carbocycles. The lowest BCUT2D eigenvalue weighted by Gasteiger charge is -2.27. The molecular weight excluding hydrogens is 1050 g/mol. The number of allylic oxidation sites excluding steroid dienone is 7. The molecule has 83 heavy (non-hydrogen) atoms. The highest BCUT2D eigenvalue weighted by Gasteiger charge is 2.30. The van der Waals surface area contributed by atoms with Gasteiger partial charge < -0.3 is 19.4 Å². The van der Waals surface area contributed by atoms with Crippen LogP contribution in [-0.2, 0) is 27.9 Å². The number of likely N-dealkylation sites (N-methyl/N-ethyl adjacent to an activating group) is 1. The normalized spacial score (nSPS) is 13.8. The Bertz CT molecular complexity index is 1560. The third-order valence-corrected chi connectivity index (χ3v) is 17.3. The SMILES string of the molecule is CCCCC/C=C\C/C=C\C/C=C\CCCCCCCCCCCCCCC(=O)OC(/C=C/CCCCCCCCCCC)C(COP(=O)(O)OCC[N+](C)(C)C)NC(=O)CCCCCCCCCCCCCCCCCCCCCCC. The molecule has 0 aliphatic carbocycles. The van der Waals surface area contributed by atoms with Crippen molar-refractivity contribution in [3.05, 3.63) is 48.6 Å². The zero-order valence-corrected chi connectivity index (χ0v) is 56.8. The molecule has 0 saturated carbocycles. The van der Waals surface area contributed by atoms with Gasteiger partial charge in [0.05, 0.1) is 33.8 Å². The molecule has 3 unspecified atom stereocenters. The van der Waals surface area contributed by atoms with Crippen molar-refractivity contribution in [3.63, 3.8) is 0 Å². The van der Waals surface area contributed by atoms with E-state index >= 15 is 0 Å². The van der Waals surface area contributed by atoms with Gasteiger partial charge in [0.2, 0.25) is 5.91 Å². The number of hydrogen-bond acceptors (Lipinski definition) is 6. The first-order valence-electron chi connectivity index (χ1n) is 36.0. The van der Waals surface area contributed by atoms with Crippen molar-refractivity contribution in [2.75, 3.05) is 40.9 Å². The molecule has 0 fully saturated rings. The van der Waals surface area contributed by atoms with Gasteiger partial charge in [-0.05, 0) is 70.3 Å². The summed E-state index contributed by atoms with van der Waals surface area (Å²) in [6.07, 6.45) is 79.8. The van der Waals surface area contributed by atoms with Gasteiger partial charge in [0, 0.05) is 12.8 Å². The summed E-state index contributed by atoms with van der Waals surface area (Å²) in [6, 6.07) is -0.847. The van der Waals surface area contributed by atoms with Crippen LogP contribution in [0.15, 0.2) is 48.6 Å². The molecule has 0 aromatic heterocycles. The minimum atomic E-state index is -4.45. The van der Waals surface area contributed by atoms with Gasteiger partial charge >= 0.3 is 13.8 Å². The number of carbonyl (C=O) groups is 2. The van der Waals surface area contributed by atoms with Crippen LogP contribution in [0, 0.1) is 0 Å². The van der Waals surface area contributed by atoms with Gasteiger partial charge in [-0.15, -0.1) is 0 Å². The van der Waals surface area contributed by atoms with Crippen molar-refractivity contribution < 1.29 is 37.3 Å². The van der Waals surface area contributed by atoms with Crippen LogP contribution >= 0.6 is 7.82 Å². The van der Waals surface area contributed by atoms with Gasteiger partial charge in [-0.3, -0.25) is 18.6 Å². The first-order valence-corrected chi connectivity index (χ1v) is 37.5. The number of quaternary nitrogens is 1. The largest absolute Gasteiger partial charge is 0.472 e. The summed E-state index contributed by atoms with van der Waals surface area (Å²) < 4.78 is 30.8. The van der Waals surface area contributed by atoms with Crippen LogP contribution in [-0.4, -0.2) is 74.3 Å². The number of carbonyl (C=O) groups excluding carboxylic acids is 2. The Balaban J connectivity index is 4.99. The topological polar surface area (TPSA) is 111 Å².